The first-order valence-electron chi connectivity index (χ1n) is 13.1. The monoisotopic (exact) mass is 644 g/mol. The highest BCUT2D eigenvalue weighted by molar-refractivity contribution is 6.36. The summed E-state index contributed by atoms with van der Waals surface area (Å²) in [6.07, 6.45) is -1.78. The lowest BCUT2D eigenvalue weighted by Crippen LogP contribution is -2.48. The third-order valence-corrected chi connectivity index (χ3v) is 7.37. The first kappa shape index (κ1) is 31.5. The molecule has 0 aromatic heterocycles. The van der Waals surface area contributed by atoms with E-state index in [9.17, 15) is 9.59 Å². The zero-order chi connectivity index (χ0) is 30.2. The van der Waals surface area contributed by atoms with E-state index in [1.807, 2.05) is 60.7 Å². The smallest absolute Gasteiger partial charge is 0.267 e. The van der Waals surface area contributed by atoms with Gasteiger partial charge in [0.1, 0.15) is 11.5 Å². The molecule has 0 aliphatic carbocycles. The van der Waals surface area contributed by atoms with Crippen LogP contribution in [0.3, 0.4) is 0 Å². The molecule has 0 radical (unpaired) electrons. The highest BCUT2D eigenvalue weighted by Crippen LogP contribution is 2.30. The molecule has 2 amide bonds. The van der Waals surface area contributed by atoms with Gasteiger partial charge in [0, 0.05) is 34.5 Å². The second kappa shape index (κ2) is 14.7. The molecule has 42 heavy (non-hydrogen) atoms. The molecule has 218 valence electrons. The maximum Gasteiger partial charge on any atom is 0.267 e. The Morgan fingerprint density at radius 2 is 0.952 bits per heavy atom. The fraction of sp³-hybridized carbons (Fsp3) is 0.188. The Hall–Kier alpha value is -3.42. The van der Waals surface area contributed by atoms with Gasteiger partial charge in [-0.1, -0.05) is 82.8 Å². The zero-order valence-electron chi connectivity index (χ0n) is 22.8. The highest BCUT2D eigenvalue weighted by Gasteiger charge is 2.28. The summed E-state index contributed by atoms with van der Waals surface area (Å²) in [5.74, 6) is 0.0422. The molecule has 0 heterocycles. The fourth-order valence-corrected chi connectivity index (χ4v) is 5.12. The van der Waals surface area contributed by atoms with Crippen LogP contribution in [0.2, 0.25) is 20.1 Å². The van der Waals surface area contributed by atoms with Gasteiger partial charge in [0.2, 0.25) is 0 Å². The number of hydrogen-bond donors (Lipinski definition) is 0. The predicted molar refractivity (Wildman–Crippen MR) is 171 cm³/mol. The van der Waals surface area contributed by atoms with Crippen LogP contribution in [-0.4, -0.2) is 37.1 Å². The summed E-state index contributed by atoms with van der Waals surface area (Å²) < 4.78 is 11.8. The van der Waals surface area contributed by atoms with Crippen molar-refractivity contribution in [3.63, 3.8) is 0 Å². The summed E-state index contributed by atoms with van der Waals surface area (Å²) >= 11 is 24.6. The summed E-state index contributed by atoms with van der Waals surface area (Å²) in [7, 11) is 0. The molecule has 0 bridgehead atoms. The Kier molecular flexibility index (Phi) is 11.0. The van der Waals surface area contributed by atoms with E-state index >= 15 is 0 Å². The van der Waals surface area contributed by atoms with Crippen LogP contribution in [0.5, 0.6) is 11.5 Å². The lowest BCUT2D eigenvalue weighted by molar-refractivity contribution is -0.126. The van der Waals surface area contributed by atoms with Gasteiger partial charge in [-0.25, -0.2) is 0 Å². The summed E-state index contributed by atoms with van der Waals surface area (Å²) in [4.78, 5) is 30.7. The standard InChI is InChI=1S/C32H28Cl4N2O4/c1-21(41-29-15-13-23(33)19-27(29)35)31(39)37(25-9-5-3-6-10-25)17-18-38(26-11-7-4-8-12-26)32(40)22(2)42-30-16-14-24(34)20-28(30)36/h3-16,19-22H,17-18H2,1-2H3/t21-,22-/m0/s1. The van der Waals surface area contributed by atoms with Crippen LogP contribution in [0.15, 0.2) is 97.1 Å². The van der Waals surface area contributed by atoms with E-state index in [-0.39, 0.29) is 24.9 Å². The highest BCUT2D eigenvalue weighted by atomic mass is 35.5. The van der Waals surface area contributed by atoms with Gasteiger partial charge >= 0.3 is 0 Å². The first-order chi connectivity index (χ1) is 20.1. The summed E-state index contributed by atoms with van der Waals surface area (Å²) in [6.45, 7) is 3.63. The molecule has 0 N–H and O–H groups in total. The van der Waals surface area contributed by atoms with Gasteiger partial charge in [-0.05, 0) is 74.5 Å². The van der Waals surface area contributed by atoms with Crippen molar-refractivity contribution in [2.75, 3.05) is 22.9 Å². The molecule has 0 saturated carbocycles. The average molecular weight is 646 g/mol. The molecule has 4 aromatic rings. The van der Waals surface area contributed by atoms with E-state index in [0.717, 1.165) is 0 Å². The average Bonchev–Trinajstić information content (AvgIpc) is 2.98. The van der Waals surface area contributed by atoms with Crippen LogP contribution in [-0.2, 0) is 9.59 Å². The second-order valence-electron chi connectivity index (χ2n) is 9.32. The van der Waals surface area contributed by atoms with Crippen LogP contribution >= 0.6 is 46.4 Å². The molecule has 4 aromatic carbocycles. The number of rotatable bonds is 11. The number of nitrogens with zero attached hydrogens (tertiary/aromatic N) is 2. The molecule has 0 unspecified atom stereocenters. The maximum absolute atomic E-state index is 13.8. The number of carbonyl (C=O) groups excluding carboxylic acids is 2. The lowest BCUT2D eigenvalue weighted by Gasteiger charge is -2.31. The van der Waals surface area contributed by atoms with Gasteiger partial charge in [-0.2, -0.15) is 0 Å². The van der Waals surface area contributed by atoms with Crippen molar-refractivity contribution in [3.8, 4) is 11.5 Å². The van der Waals surface area contributed by atoms with Crippen LogP contribution in [0.25, 0.3) is 0 Å². The van der Waals surface area contributed by atoms with Gasteiger partial charge in [0.25, 0.3) is 11.8 Å². The van der Waals surface area contributed by atoms with Crippen molar-refractivity contribution in [2.24, 2.45) is 0 Å². The molecular formula is C32H28Cl4N2O4. The topological polar surface area (TPSA) is 59.1 Å². The van der Waals surface area contributed by atoms with E-state index in [4.69, 9.17) is 55.9 Å². The van der Waals surface area contributed by atoms with E-state index in [0.29, 0.717) is 43.0 Å². The van der Waals surface area contributed by atoms with Crippen molar-refractivity contribution in [1.82, 2.24) is 0 Å². The summed E-state index contributed by atoms with van der Waals surface area (Å²) in [5.41, 5.74) is 1.30. The van der Waals surface area contributed by atoms with Gasteiger partial charge in [-0.15, -0.1) is 0 Å². The first-order valence-corrected chi connectivity index (χ1v) is 14.6. The largest absolute Gasteiger partial charge is 0.479 e. The second-order valence-corrected chi connectivity index (χ2v) is 11.0. The summed E-state index contributed by atoms with van der Waals surface area (Å²) in [5, 5.41) is 1.51. The Morgan fingerprint density at radius 1 is 0.595 bits per heavy atom. The Labute approximate surface area is 265 Å². The Bertz CT molecular complexity index is 1410. The molecule has 0 fully saturated rings. The van der Waals surface area contributed by atoms with Crippen LogP contribution in [0.1, 0.15) is 13.8 Å². The van der Waals surface area contributed by atoms with Crippen molar-refractivity contribution in [3.05, 3.63) is 117 Å². The van der Waals surface area contributed by atoms with E-state index in [2.05, 4.69) is 0 Å². The molecule has 4 rings (SSSR count). The zero-order valence-corrected chi connectivity index (χ0v) is 25.9. The molecule has 2 atom stereocenters. The van der Waals surface area contributed by atoms with Gasteiger partial charge in [0.05, 0.1) is 10.0 Å². The fourth-order valence-electron chi connectivity index (χ4n) is 4.21. The SMILES string of the molecule is C[C@H](Oc1ccc(Cl)cc1Cl)C(=O)N(CCN(C(=O)[C@H](C)Oc1ccc(Cl)cc1Cl)c1ccccc1)c1ccccc1. The van der Waals surface area contributed by atoms with Gasteiger partial charge in [0.15, 0.2) is 12.2 Å². The molecule has 0 saturated heterocycles. The number of amides is 2. The third-order valence-electron chi connectivity index (χ3n) is 6.31. The minimum absolute atomic E-state index is 0.167. The summed E-state index contributed by atoms with van der Waals surface area (Å²) in [6, 6.07) is 28.0. The number of benzene rings is 4. The molecule has 0 aliphatic rings. The third kappa shape index (κ3) is 8.11. The predicted octanol–water partition coefficient (Wildman–Crippen LogP) is 8.60. The van der Waals surface area contributed by atoms with Crippen molar-refractivity contribution < 1.29 is 19.1 Å². The van der Waals surface area contributed by atoms with Crippen LogP contribution < -0.4 is 19.3 Å². The number of para-hydroxylation sites is 2. The van der Waals surface area contributed by atoms with Crippen molar-refractivity contribution in [1.29, 1.82) is 0 Å². The van der Waals surface area contributed by atoms with E-state index < -0.39 is 12.2 Å². The van der Waals surface area contributed by atoms with Gasteiger partial charge < -0.3 is 19.3 Å². The Balaban J connectivity index is 1.57. The maximum atomic E-state index is 13.8. The van der Waals surface area contributed by atoms with Crippen LogP contribution in [0.4, 0.5) is 11.4 Å². The van der Waals surface area contributed by atoms with Crippen molar-refractivity contribution >= 4 is 69.6 Å². The van der Waals surface area contributed by atoms with Crippen molar-refractivity contribution in [2.45, 2.75) is 26.1 Å². The number of halogens is 4. The number of anilines is 2. The number of ether oxygens (including phenoxy) is 2. The van der Waals surface area contributed by atoms with E-state index in [1.54, 1.807) is 60.0 Å². The lowest BCUT2D eigenvalue weighted by atomic mass is 10.2. The molecule has 0 spiro atoms. The normalized spacial score (nSPS) is 12.2. The number of hydrogen-bond acceptors (Lipinski definition) is 4. The molecule has 0 aliphatic heterocycles. The van der Waals surface area contributed by atoms with Crippen LogP contribution in [0, 0.1) is 0 Å². The quantitative estimate of drug-likeness (QED) is 0.164. The number of carbonyl (C=O) groups is 2. The minimum atomic E-state index is -0.890. The Morgan fingerprint density at radius 3 is 1.29 bits per heavy atom. The van der Waals surface area contributed by atoms with E-state index in [1.165, 1.54) is 0 Å². The minimum Gasteiger partial charge on any atom is -0.479 e. The molecule has 6 nitrogen and oxygen atoms in total. The molecular weight excluding hydrogens is 618 g/mol. The van der Waals surface area contributed by atoms with Gasteiger partial charge in [-0.3, -0.25) is 9.59 Å². The molecule has 10 heteroatoms.